The molecule has 3 heterocycles. The Bertz CT molecular complexity index is 385. The molecular weight excluding hydrogens is 244 g/mol. The number of fused-ring (bicyclic) bond motifs is 1. The van der Waals surface area contributed by atoms with Crippen LogP contribution in [0.1, 0.15) is 38.5 Å². The van der Waals surface area contributed by atoms with Gasteiger partial charge in [0.2, 0.25) is 5.91 Å². The Kier molecular flexibility index (Phi) is 3.48. The molecule has 0 spiro atoms. The summed E-state index contributed by atoms with van der Waals surface area (Å²) in [5.41, 5.74) is 0. The van der Waals surface area contributed by atoms with Crippen molar-refractivity contribution < 1.29 is 14.7 Å². The number of carbonyl (C=O) groups is 2. The first kappa shape index (κ1) is 12.9. The van der Waals surface area contributed by atoms with Gasteiger partial charge < -0.3 is 10.0 Å². The summed E-state index contributed by atoms with van der Waals surface area (Å²) in [5, 5.41) is 8.87. The van der Waals surface area contributed by atoms with E-state index in [2.05, 4.69) is 9.80 Å². The van der Waals surface area contributed by atoms with Gasteiger partial charge in [0.05, 0.1) is 0 Å². The van der Waals surface area contributed by atoms with Crippen molar-refractivity contribution in [2.75, 3.05) is 19.6 Å². The highest BCUT2D eigenvalue weighted by atomic mass is 16.4. The van der Waals surface area contributed by atoms with Crippen molar-refractivity contribution in [3.63, 3.8) is 0 Å². The van der Waals surface area contributed by atoms with Gasteiger partial charge in [0.25, 0.3) is 0 Å². The van der Waals surface area contributed by atoms with E-state index in [1.54, 1.807) is 0 Å². The summed E-state index contributed by atoms with van der Waals surface area (Å²) in [5.74, 6) is -0.129. The molecule has 3 fully saturated rings. The Balaban J connectivity index is 1.63. The summed E-state index contributed by atoms with van der Waals surface area (Å²) in [6.07, 6.45) is 5.35. The molecule has 106 valence electrons. The third-order valence-electron chi connectivity index (χ3n) is 4.95. The second-order valence-electron chi connectivity index (χ2n) is 6.17. The Morgan fingerprint density at radius 2 is 2.05 bits per heavy atom. The highest BCUT2D eigenvalue weighted by Gasteiger charge is 2.45. The molecule has 0 saturated carbocycles. The molecule has 3 rings (SSSR count). The van der Waals surface area contributed by atoms with Gasteiger partial charge in [0.1, 0.15) is 0 Å². The van der Waals surface area contributed by atoms with Gasteiger partial charge in [-0.1, -0.05) is 0 Å². The molecule has 0 bridgehead atoms. The first-order valence-corrected chi connectivity index (χ1v) is 7.40. The van der Waals surface area contributed by atoms with E-state index in [0.717, 1.165) is 38.9 Å². The van der Waals surface area contributed by atoms with Crippen LogP contribution in [0.25, 0.3) is 0 Å². The number of amides is 1. The smallest absolute Gasteiger partial charge is 0.303 e. The zero-order valence-corrected chi connectivity index (χ0v) is 11.3. The summed E-state index contributed by atoms with van der Waals surface area (Å²) in [6.45, 7) is 2.74. The number of piperidine rings is 1. The van der Waals surface area contributed by atoms with E-state index in [9.17, 15) is 9.59 Å². The van der Waals surface area contributed by atoms with Crippen LogP contribution in [0.4, 0.5) is 0 Å². The number of carbonyl (C=O) groups excluding carboxylic acids is 1. The average molecular weight is 266 g/mol. The van der Waals surface area contributed by atoms with Crippen molar-refractivity contribution in [1.29, 1.82) is 0 Å². The van der Waals surface area contributed by atoms with Crippen LogP contribution in [0.2, 0.25) is 0 Å². The van der Waals surface area contributed by atoms with Gasteiger partial charge in [-0.2, -0.15) is 0 Å². The maximum atomic E-state index is 12.0. The molecule has 3 atom stereocenters. The lowest BCUT2D eigenvalue weighted by molar-refractivity contribution is -0.138. The zero-order valence-electron chi connectivity index (χ0n) is 11.3. The number of nitrogens with zero attached hydrogens (tertiary/aromatic N) is 2. The van der Waals surface area contributed by atoms with Gasteiger partial charge in [0, 0.05) is 38.0 Å². The monoisotopic (exact) mass is 266 g/mol. The normalized spacial score (nSPS) is 35.7. The van der Waals surface area contributed by atoms with Crippen molar-refractivity contribution in [2.45, 2.75) is 50.6 Å². The number of rotatable bonds is 3. The molecule has 1 N–H and O–H groups in total. The van der Waals surface area contributed by atoms with Crippen LogP contribution in [0.5, 0.6) is 0 Å². The number of aliphatic carboxylic acids is 1. The fourth-order valence-electron chi connectivity index (χ4n) is 4.05. The van der Waals surface area contributed by atoms with E-state index >= 15 is 0 Å². The summed E-state index contributed by atoms with van der Waals surface area (Å²) >= 11 is 0. The Hall–Kier alpha value is -1.10. The molecule has 0 radical (unpaired) electrons. The number of carboxylic acid groups (broad SMARTS) is 1. The highest BCUT2D eigenvalue weighted by molar-refractivity contribution is 5.80. The lowest BCUT2D eigenvalue weighted by Crippen LogP contribution is -2.46. The van der Waals surface area contributed by atoms with Gasteiger partial charge in [-0.05, 0) is 38.1 Å². The standard InChI is InChI=1S/C14H22N2O3/c17-13-8-12(11-3-1-2-5-16(11)13)15-6-4-10(9-15)7-14(18)19/h10-12H,1-9H2,(H,18,19). The molecule has 3 aliphatic heterocycles. The van der Waals surface area contributed by atoms with Crippen molar-refractivity contribution in [3.05, 3.63) is 0 Å². The van der Waals surface area contributed by atoms with Gasteiger partial charge in [-0.3, -0.25) is 14.5 Å². The minimum atomic E-state index is -0.700. The second-order valence-corrected chi connectivity index (χ2v) is 6.17. The van der Waals surface area contributed by atoms with E-state index in [0.29, 0.717) is 24.4 Å². The minimum Gasteiger partial charge on any atom is -0.481 e. The number of hydrogen-bond donors (Lipinski definition) is 1. The van der Waals surface area contributed by atoms with E-state index in [4.69, 9.17) is 5.11 Å². The minimum absolute atomic E-state index is 0.269. The van der Waals surface area contributed by atoms with Crippen LogP contribution >= 0.6 is 0 Å². The SMILES string of the molecule is O=C(O)CC1CCN(C2CC(=O)N3CCCCC23)C1. The molecule has 3 saturated heterocycles. The first-order chi connectivity index (χ1) is 9.15. The maximum absolute atomic E-state index is 12.0. The first-order valence-electron chi connectivity index (χ1n) is 7.40. The molecule has 1 amide bonds. The molecule has 0 aliphatic carbocycles. The number of likely N-dealkylation sites (tertiary alicyclic amines) is 1. The molecule has 0 aromatic heterocycles. The lowest BCUT2D eigenvalue weighted by Gasteiger charge is -2.36. The summed E-state index contributed by atoms with van der Waals surface area (Å²) < 4.78 is 0. The quantitative estimate of drug-likeness (QED) is 0.825. The molecule has 5 heteroatoms. The van der Waals surface area contributed by atoms with Gasteiger partial charge >= 0.3 is 5.97 Å². The molecule has 3 aliphatic rings. The largest absolute Gasteiger partial charge is 0.481 e. The van der Waals surface area contributed by atoms with Crippen LogP contribution in [-0.4, -0.2) is 58.5 Å². The maximum Gasteiger partial charge on any atom is 0.303 e. The lowest BCUT2D eigenvalue weighted by atomic mass is 9.98. The molecule has 5 nitrogen and oxygen atoms in total. The predicted molar refractivity (Wildman–Crippen MR) is 69.7 cm³/mol. The molecule has 0 aromatic rings. The van der Waals surface area contributed by atoms with Crippen molar-refractivity contribution >= 4 is 11.9 Å². The Labute approximate surface area is 113 Å². The van der Waals surface area contributed by atoms with Crippen molar-refractivity contribution in [2.24, 2.45) is 5.92 Å². The molecular formula is C14H22N2O3. The van der Waals surface area contributed by atoms with Crippen molar-refractivity contribution in [3.8, 4) is 0 Å². The van der Waals surface area contributed by atoms with Crippen LogP contribution in [0.15, 0.2) is 0 Å². The topological polar surface area (TPSA) is 60.9 Å². The van der Waals surface area contributed by atoms with Gasteiger partial charge in [0.15, 0.2) is 0 Å². The van der Waals surface area contributed by atoms with Gasteiger partial charge in [-0.25, -0.2) is 0 Å². The van der Waals surface area contributed by atoms with E-state index in [-0.39, 0.29) is 12.3 Å². The summed E-state index contributed by atoms with van der Waals surface area (Å²) in [6, 6.07) is 0.733. The van der Waals surface area contributed by atoms with E-state index in [1.807, 2.05) is 0 Å². The van der Waals surface area contributed by atoms with Crippen LogP contribution < -0.4 is 0 Å². The fraction of sp³-hybridized carbons (Fsp3) is 0.857. The van der Waals surface area contributed by atoms with Crippen LogP contribution in [-0.2, 0) is 9.59 Å². The molecule has 19 heavy (non-hydrogen) atoms. The summed E-state index contributed by atoms with van der Waals surface area (Å²) in [4.78, 5) is 27.3. The Morgan fingerprint density at radius 3 is 2.84 bits per heavy atom. The van der Waals surface area contributed by atoms with Crippen molar-refractivity contribution in [1.82, 2.24) is 9.80 Å². The molecule has 3 unspecified atom stereocenters. The summed E-state index contributed by atoms with van der Waals surface area (Å²) in [7, 11) is 0. The van der Waals surface area contributed by atoms with Crippen LogP contribution in [0, 0.1) is 5.92 Å². The van der Waals surface area contributed by atoms with Gasteiger partial charge in [-0.15, -0.1) is 0 Å². The number of hydrogen-bond acceptors (Lipinski definition) is 3. The Morgan fingerprint density at radius 1 is 1.21 bits per heavy atom. The third-order valence-corrected chi connectivity index (χ3v) is 4.95. The van der Waals surface area contributed by atoms with E-state index < -0.39 is 5.97 Å². The highest BCUT2D eigenvalue weighted by Crippen LogP contribution is 2.34. The number of carboxylic acids is 1. The molecule has 0 aromatic carbocycles. The third kappa shape index (κ3) is 2.48. The zero-order chi connectivity index (χ0) is 13.4. The average Bonchev–Trinajstić information content (AvgIpc) is 2.95. The fourth-order valence-corrected chi connectivity index (χ4v) is 4.05. The van der Waals surface area contributed by atoms with E-state index in [1.165, 1.54) is 6.42 Å². The second kappa shape index (κ2) is 5.12. The van der Waals surface area contributed by atoms with Crippen LogP contribution in [0.3, 0.4) is 0 Å². The predicted octanol–water partition coefficient (Wildman–Crippen LogP) is 0.936.